The lowest BCUT2D eigenvalue weighted by atomic mass is 10.1. The maximum atomic E-state index is 12.7. The first-order chi connectivity index (χ1) is 13.2. The molecule has 0 unspecified atom stereocenters. The van der Waals surface area contributed by atoms with E-state index in [0.717, 1.165) is 11.8 Å². The standard InChI is InChI=1S/C20H23N3O4S/c1-15(2)13-23(20(24)22-18-6-4-5-17(11-18)12-21)14-16-7-9-19(10-8-16)27-28(3,25)26/h4-11,15H,13-14H2,1-3H3,(H,22,24). The van der Waals surface area contributed by atoms with Gasteiger partial charge in [-0.25, -0.2) is 4.79 Å². The summed E-state index contributed by atoms with van der Waals surface area (Å²) in [4.78, 5) is 14.4. The van der Waals surface area contributed by atoms with Crippen molar-refractivity contribution in [3.05, 3.63) is 59.7 Å². The molecule has 0 fully saturated rings. The van der Waals surface area contributed by atoms with Gasteiger partial charge in [0.05, 0.1) is 17.9 Å². The highest BCUT2D eigenvalue weighted by atomic mass is 32.2. The first kappa shape index (κ1) is 21.3. The highest BCUT2D eigenvalue weighted by Gasteiger charge is 2.16. The second-order valence-corrected chi connectivity index (χ2v) is 8.40. The molecule has 0 aliphatic rings. The highest BCUT2D eigenvalue weighted by Crippen LogP contribution is 2.17. The first-order valence-electron chi connectivity index (χ1n) is 8.71. The lowest BCUT2D eigenvalue weighted by Crippen LogP contribution is -2.37. The Labute approximate surface area is 165 Å². The molecule has 0 heterocycles. The smallest absolute Gasteiger partial charge is 0.322 e. The van der Waals surface area contributed by atoms with Gasteiger partial charge in [-0.2, -0.15) is 13.7 Å². The summed E-state index contributed by atoms with van der Waals surface area (Å²) >= 11 is 0. The maximum absolute atomic E-state index is 12.7. The Bertz CT molecular complexity index is 964. The fourth-order valence-electron chi connectivity index (χ4n) is 2.57. The number of nitriles is 1. The zero-order chi connectivity index (χ0) is 20.7. The molecule has 0 bridgehead atoms. The summed E-state index contributed by atoms with van der Waals surface area (Å²) in [6.45, 7) is 4.91. The van der Waals surface area contributed by atoms with Gasteiger partial charge < -0.3 is 14.4 Å². The molecule has 2 aromatic rings. The number of urea groups is 1. The fraction of sp³-hybridized carbons (Fsp3) is 0.300. The number of rotatable bonds is 7. The molecule has 148 valence electrons. The van der Waals surface area contributed by atoms with E-state index in [9.17, 15) is 13.2 Å². The van der Waals surface area contributed by atoms with Crippen LogP contribution >= 0.6 is 0 Å². The molecule has 8 heteroatoms. The minimum absolute atomic E-state index is 0.222. The molecular weight excluding hydrogens is 378 g/mol. The van der Waals surface area contributed by atoms with E-state index in [1.165, 1.54) is 0 Å². The molecule has 0 radical (unpaired) electrons. The third-order valence-corrected chi connectivity index (χ3v) is 4.16. The second-order valence-electron chi connectivity index (χ2n) is 6.83. The van der Waals surface area contributed by atoms with E-state index >= 15 is 0 Å². The van der Waals surface area contributed by atoms with Gasteiger partial charge in [0.25, 0.3) is 0 Å². The Morgan fingerprint density at radius 1 is 1.21 bits per heavy atom. The molecular formula is C20H23N3O4S. The first-order valence-corrected chi connectivity index (χ1v) is 10.5. The SMILES string of the molecule is CC(C)CN(Cc1ccc(OS(C)(=O)=O)cc1)C(=O)Nc1cccc(C#N)c1. The van der Waals surface area contributed by atoms with E-state index in [0.29, 0.717) is 24.3 Å². The van der Waals surface area contributed by atoms with Crippen LogP contribution in [0.5, 0.6) is 5.75 Å². The molecule has 0 spiro atoms. The van der Waals surface area contributed by atoms with Gasteiger partial charge >= 0.3 is 16.1 Å². The molecule has 1 N–H and O–H groups in total. The van der Waals surface area contributed by atoms with Crippen molar-refractivity contribution >= 4 is 21.8 Å². The zero-order valence-corrected chi connectivity index (χ0v) is 16.9. The van der Waals surface area contributed by atoms with Gasteiger partial charge in [0.15, 0.2) is 0 Å². The van der Waals surface area contributed by atoms with Gasteiger partial charge in [-0.05, 0) is 41.8 Å². The zero-order valence-electron chi connectivity index (χ0n) is 16.0. The number of benzene rings is 2. The van der Waals surface area contributed by atoms with Crippen molar-refractivity contribution in [2.75, 3.05) is 18.1 Å². The average Bonchev–Trinajstić information content (AvgIpc) is 2.61. The third-order valence-electron chi connectivity index (χ3n) is 3.66. The van der Waals surface area contributed by atoms with Crippen LogP contribution in [0.2, 0.25) is 0 Å². The van der Waals surface area contributed by atoms with Gasteiger partial charge in [-0.15, -0.1) is 0 Å². The highest BCUT2D eigenvalue weighted by molar-refractivity contribution is 7.86. The van der Waals surface area contributed by atoms with Gasteiger partial charge in [-0.1, -0.05) is 32.0 Å². The maximum Gasteiger partial charge on any atom is 0.322 e. The average molecular weight is 401 g/mol. The molecule has 2 aromatic carbocycles. The number of hydrogen-bond donors (Lipinski definition) is 1. The Morgan fingerprint density at radius 3 is 2.46 bits per heavy atom. The summed E-state index contributed by atoms with van der Waals surface area (Å²) in [6, 6.07) is 15.0. The number of amides is 2. The Kier molecular flexibility index (Phi) is 7.01. The molecule has 2 rings (SSSR count). The lowest BCUT2D eigenvalue weighted by molar-refractivity contribution is 0.201. The largest absolute Gasteiger partial charge is 0.383 e. The van der Waals surface area contributed by atoms with Crippen LogP contribution in [-0.4, -0.2) is 32.1 Å². The van der Waals surface area contributed by atoms with Crippen molar-refractivity contribution in [2.45, 2.75) is 20.4 Å². The summed E-state index contributed by atoms with van der Waals surface area (Å²) in [6.07, 6.45) is 0.983. The van der Waals surface area contributed by atoms with Crippen LogP contribution in [0.25, 0.3) is 0 Å². The second kappa shape index (κ2) is 9.24. The molecule has 0 aliphatic heterocycles. The van der Waals surface area contributed by atoms with Crippen LogP contribution in [-0.2, 0) is 16.7 Å². The summed E-state index contributed by atoms with van der Waals surface area (Å²) in [5.74, 6) is 0.475. The molecule has 0 saturated heterocycles. The van der Waals surface area contributed by atoms with Crippen LogP contribution in [0.3, 0.4) is 0 Å². The van der Waals surface area contributed by atoms with Crippen molar-refractivity contribution < 1.29 is 17.4 Å². The van der Waals surface area contributed by atoms with Crippen molar-refractivity contribution in [1.82, 2.24) is 4.90 Å². The molecule has 0 aromatic heterocycles. The normalized spacial score (nSPS) is 11.0. The van der Waals surface area contributed by atoms with Gasteiger partial charge in [0.2, 0.25) is 0 Å². The van der Waals surface area contributed by atoms with E-state index in [1.807, 2.05) is 19.9 Å². The van der Waals surface area contributed by atoms with Crippen molar-refractivity contribution in [3.8, 4) is 11.8 Å². The number of carbonyl (C=O) groups is 1. The van der Waals surface area contributed by atoms with E-state index in [-0.39, 0.29) is 17.7 Å². The molecule has 2 amide bonds. The van der Waals surface area contributed by atoms with E-state index < -0.39 is 10.1 Å². The van der Waals surface area contributed by atoms with Crippen LogP contribution < -0.4 is 9.50 Å². The molecule has 0 aliphatic carbocycles. The molecule has 0 atom stereocenters. The monoisotopic (exact) mass is 401 g/mol. The number of nitrogens with one attached hydrogen (secondary N) is 1. The van der Waals surface area contributed by atoms with E-state index in [4.69, 9.17) is 9.44 Å². The Hall–Kier alpha value is -3.05. The van der Waals surface area contributed by atoms with Crippen molar-refractivity contribution in [3.63, 3.8) is 0 Å². The number of carbonyl (C=O) groups excluding carboxylic acids is 1. The minimum Gasteiger partial charge on any atom is -0.383 e. The van der Waals surface area contributed by atoms with E-state index in [1.54, 1.807) is 53.4 Å². The van der Waals surface area contributed by atoms with Crippen LogP contribution in [0.15, 0.2) is 48.5 Å². The summed E-state index contributed by atoms with van der Waals surface area (Å²) in [5, 5.41) is 11.8. The van der Waals surface area contributed by atoms with Crippen molar-refractivity contribution in [1.29, 1.82) is 5.26 Å². The number of anilines is 1. The minimum atomic E-state index is -3.58. The Morgan fingerprint density at radius 2 is 1.89 bits per heavy atom. The molecule has 28 heavy (non-hydrogen) atoms. The summed E-state index contributed by atoms with van der Waals surface area (Å²) < 4.78 is 27.2. The van der Waals surface area contributed by atoms with Gasteiger partial charge in [0.1, 0.15) is 5.75 Å². The van der Waals surface area contributed by atoms with Crippen molar-refractivity contribution in [2.24, 2.45) is 5.92 Å². The number of nitrogens with zero attached hydrogens (tertiary/aromatic N) is 2. The summed E-state index contributed by atoms with van der Waals surface area (Å²) in [5.41, 5.74) is 1.85. The predicted molar refractivity (Wildman–Crippen MR) is 107 cm³/mol. The van der Waals surface area contributed by atoms with E-state index in [2.05, 4.69) is 5.32 Å². The number of hydrogen-bond acceptors (Lipinski definition) is 5. The Balaban J connectivity index is 2.12. The third kappa shape index (κ3) is 6.93. The van der Waals surface area contributed by atoms with Gasteiger partial charge in [0, 0.05) is 18.8 Å². The fourth-order valence-corrected chi connectivity index (χ4v) is 3.04. The lowest BCUT2D eigenvalue weighted by Gasteiger charge is -2.25. The summed E-state index contributed by atoms with van der Waals surface area (Å²) in [7, 11) is -3.58. The predicted octanol–water partition coefficient (Wildman–Crippen LogP) is 3.59. The molecule has 7 nitrogen and oxygen atoms in total. The van der Waals surface area contributed by atoms with Gasteiger partial charge in [-0.3, -0.25) is 0 Å². The quantitative estimate of drug-likeness (QED) is 0.715. The van der Waals surface area contributed by atoms with Crippen LogP contribution in [0.1, 0.15) is 25.0 Å². The molecule has 0 saturated carbocycles. The topological polar surface area (TPSA) is 99.5 Å². The van der Waals surface area contributed by atoms with Crippen LogP contribution in [0.4, 0.5) is 10.5 Å². The van der Waals surface area contributed by atoms with Crippen LogP contribution in [0, 0.1) is 17.2 Å².